The molecule has 4 rings (SSSR count). The fourth-order valence-electron chi connectivity index (χ4n) is 4.29. The molecule has 176 valence electrons. The number of hydrogen-bond acceptors (Lipinski definition) is 5. The lowest BCUT2D eigenvalue weighted by Gasteiger charge is -2.21. The Balaban J connectivity index is 1.61. The van der Waals surface area contributed by atoms with E-state index in [4.69, 9.17) is 21.1 Å². The summed E-state index contributed by atoms with van der Waals surface area (Å²) in [5.74, 6) is 0.238. The van der Waals surface area contributed by atoms with Crippen molar-refractivity contribution in [2.24, 2.45) is 5.92 Å². The van der Waals surface area contributed by atoms with Crippen LogP contribution in [0.25, 0.3) is 0 Å². The van der Waals surface area contributed by atoms with Gasteiger partial charge in [0.25, 0.3) is 5.91 Å². The van der Waals surface area contributed by atoms with Gasteiger partial charge in [-0.3, -0.25) is 14.6 Å². The van der Waals surface area contributed by atoms with Gasteiger partial charge in [0, 0.05) is 47.4 Å². The number of hydrogen-bond donors (Lipinski definition) is 1. The molecule has 2 aromatic carbocycles. The Morgan fingerprint density at radius 2 is 1.91 bits per heavy atom. The zero-order chi connectivity index (χ0) is 24.1. The number of halogens is 1. The SMILES string of the molecule is COc1ccc([C@H]2CN(C(=O)c3cccc(Cl)c3)C[C@H]2C(=O)NCc2ccccn2)c(OC)c1. The van der Waals surface area contributed by atoms with Gasteiger partial charge in [0.2, 0.25) is 5.91 Å². The third-order valence-corrected chi connectivity index (χ3v) is 6.26. The summed E-state index contributed by atoms with van der Waals surface area (Å²) < 4.78 is 10.9. The smallest absolute Gasteiger partial charge is 0.253 e. The van der Waals surface area contributed by atoms with Crippen LogP contribution in [-0.4, -0.2) is 49.0 Å². The van der Waals surface area contributed by atoms with Crippen LogP contribution in [0, 0.1) is 5.92 Å². The van der Waals surface area contributed by atoms with Crippen molar-refractivity contribution in [1.29, 1.82) is 0 Å². The molecule has 1 aliphatic heterocycles. The molecule has 3 aromatic rings. The first-order valence-corrected chi connectivity index (χ1v) is 11.3. The summed E-state index contributed by atoms with van der Waals surface area (Å²) in [5, 5.41) is 3.47. The van der Waals surface area contributed by atoms with Gasteiger partial charge in [-0.1, -0.05) is 29.8 Å². The number of carbonyl (C=O) groups excluding carboxylic acids is 2. The Bertz CT molecular complexity index is 1170. The Labute approximate surface area is 203 Å². The van der Waals surface area contributed by atoms with E-state index in [1.165, 1.54) is 0 Å². The predicted molar refractivity (Wildman–Crippen MR) is 129 cm³/mol. The second-order valence-corrected chi connectivity index (χ2v) is 8.52. The summed E-state index contributed by atoms with van der Waals surface area (Å²) in [5.41, 5.74) is 2.10. The van der Waals surface area contributed by atoms with Gasteiger partial charge >= 0.3 is 0 Å². The summed E-state index contributed by atoms with van der Waals surface area (Å²) in [6.45, 7) is 0.958. The van der Waals surface area contributed by atoms with Crippen LogP contribution in [0.4, 0.5) is 0 Å². The minimum atomic E-state index is -0.464. The van der Waals surface area contributed by atoms with Gasteiger partial charge in [0.1, 0.15) is 11.5 Å². The Morgan fingerprint density at radius 3 is 2.62 bits per heavy atom. The third kappa shape index (κ3) is 5.15. The van der Waals surface area contributed by atoms with Crippen molar-refractivity contribution in [2.45, 2.75) is 12.5 Å². The van der Waals surface area contributed by atoms with E-state index in [-0.39, 0.29) is 24.3 Å². The molecule has 0 aliphatic carbocycles. The molecular weight excluding hydrogens is 454 g/mol. The highest BCUT2D eigenvalue weighted by Crippen LogP contribution is 2.39. The van der Waals surface area contributed by atoms with Crippen molar-refractivity contribution >= 4 is 23.4 Å². The van der Waals surface area contributed by atoms with Gasteiger partial charge in [-0.05, 0) is 36.4 Å². The van der Waals surface area contributed by atoms with Gasteiger partial charge in [0.05, 0.1) is 32.4 Å². The molecule has 7 nitrogen and oxygen atoms in total. The molecule has 1 aromatic heterocycles. The number of likely N-dealkylation sites (tertiary alicyclic amines) is 1. The number of nitrogens with one attached hydrogen (secondary N) is 1. The number of pyridine rings is 1. The second kappa shape index (κ2) is 10.6. The van der Waals surface area contributed by atoms with E-state index < -0.39 is 5.92 Å². The maximum Gasteiger partial charge on any atom is 0.253 e. The van der Waals surface area contributed by atoms with E-state index in [0.717, 1.165) is 11.3 Å². The van der Waals surface area contributed by atoms with E-state index >= 15 is 0 Å². The van der Waals surface area contributed by atoms with Gasteiger partial charge in [0.15, 0.2) is 0 Å². The molecule has 0 radical (unpaired) electrons. The quantitative estimate of drug-likeness (QED) is 0.555. The van der Waals surface area contributed by atoms with Crippen LogP contribution in [0.15, 0.2) is 66.9 Å². The number of methoxy groups -OCH3 is 2. The molecule has 1 N–H and O–H groups in total. The van der Waals surface area contributed by atoms with Crippen molar-refractivity contribution < 1.29 is 19.1 Å². The van der Waals surface area contributed by atoms with Gasteiger partial charge in [-0.25, -0.2) is 0 Å². The van der Waals surface area contributed by atoms with Crippen molar-refractivity contribution in [1.82, 2.24) is 15.2 Å². The summed E-state index contributed by atoms with van der Waals surface area (Å²) in [6, 6.07) is 17.9. The number of carbonyl (C=O) groups is 2. The molecule has 1 aliphatic rings. The highest BCUT2D eigenvalue weighted by molar-refractivity contribution is 6.30. The number of ether oxygens (including phenoxy) is 2. The van der Waals surface area contributed by atoms with E-state index in [1.807, 2.05) is 30.3 Å². The lowest BCUT2D eigenvalue weighted by Crippen LogP contribution is -2.35. The first-order chi connectivity index (χ1) is 16.5. The molecule has 1 saturated heterocycles. The first-order valence-electron chi connectivity index (χ1n) is 10.9. The van der Waals surface area contributed by atoms with Gasteiger partial charge in [-0.15, -0.1) is 0 Å². The number of rotatable bonds is 7. The molecule has 0 bridgehead atoms. The maximum atomic E-state index is 13.3. The minimum absolute atomic E-state index is 0.144. The van der Waals surface area contributed by atoms with E-state index in [2.05, 4.69) is 10.3 Å². The summed E-state index contributed by atoms with van der Waals surface area (Å²) in [7, 11) is 3.17. The maximum absolute atomic E-state index is 13.3. The summed E-state index contributed by atoms with van der Waals surface area (Å²) in [4.78, 5) is 32.5. The van der Waals surface area contributed by atoms with Crippen LogP contribution in [0.5, 0.6) is 11.5 Å². The summed E-state index contributed by atoms with van der Waals surface area (Å²) >= 11 is 6.10. The molecule has 2 amide bonds. The monoisotopic (exact) mass is 479 g/mol. The molecule has 2 atom stereocenters. The van der Waals surface area contributed by atoms with Crippen LogP contribution in [0.1, 0.15) is 27.5 Å². The minimum Gasteiger partial charge on any atom is -0.497 e. The van der Waals surface area contributed by atoms with Gasteiger partial charge < -0.3 is 19.7 Å². The van der Waals surface area contributed by atoms with E-state index in [9.17, 15) is 9.59 Å². The van der Waals surface area contributed by atoms with Crippen molar-refractivity contribution in [3.8, 4) is 11.5 Å². The number of nitrogens with zero attached hydrogens (tertiary/aromatic N) is 2. The van der Waals surface area contributed by atoms with Crippen LogP contribution in [0.3, 0.4) is 0 Å². The molecule has 1 fully saturated rings. The Hall–Kier alpha value is -3.58. The zero-order valence-corrected chi connectivity index (χ0v) is 19.8. The normalized spacial score (nSPS) is 17.3. The number of amides is 2. The fraction of sp³-hybridized carbons (Fsp3) is 0.269. The molecule has 2 heterocycles. The highest BCUT2D eigenvalue weighted by Gasteiger charge is 2.41. The van der Waals surface area contributed by atoms with Crippen molar-refractivity contribution in [3.05, 3.63) is 88.7 Å². The topological polar surface area (TPSA) is 80.8 Å². The van der Waals surface area contributed by atoms with Crippen molar-refractivity contribution in [2.75, 3.05) is 27.3 Å². The Kier molecular flexibility index (Phi) is 7.33. The van der Waals surface area contributed by atoms with Crippen LogP contribution in [0.2, 0.25) is 5.02 Å². The number of aromatic nitrogens is 1. The average Bonchev–Trinajstić information content (AvgIpc) is 3.32. The standard InChI is InChI=1S/C26H26ClN3O4/c1-33-20-9-10-21(24(13-20)34-2)22-15-30(26(32)17-6-5-7-18(27)12-17)16-23(22)25(31)29-14-19-8-3-4-11-28-19/h3-13,22-23H,14-16H2,1-2H3,(H,29,31)/t22-,23-/m1/s1. The lowest BCUT2D eigenvalue weighted by molar-refractivity contribution is -0.125. The zero-order valence-electron chi connectivity index (χ0n) is 19.0. The highest BCUT2D eigenvalue weighted by atomic mass is 35.5. The average molecular weight is 480 g/mol. The fourth-order valence-corrected chi connectivity index (χ4v) is 4.48. The first kappa shape index (κ1) is 23.6. The van der Waals surface area contributed by atoms with Crippen molar-refractivity contribution in [3.63, 3.8) is 0 Å². The van der Waals surface area contributed by atoms with E-state index in [0.29, 0.717) is 35.2 Å². The van der Waals surface area contributed by atoms with Gasteiger partial charge in [-0.2, -0.15) is 0 Å². The van der Waals surface area contributed by atoms with Crippen LogP contribution in [-0.2, 0) is 11.3 Å². The van der Waals surface area contributed by atoms with E-state index in [1.54, 1.807) is 55.6 Å². The Morgan fingerprint density at radius 1 is 1.06 bits per heavy atom. The lowest BCUT2D eigenvalue weighted by atomic mass is 9.87. The molecule has 0 unspecified atom stereocenters. The van der Waals surface area contributed by atoms with Crippen LogP contribution >= 0.6 is 11.6 Å². The predicted octanol–water partition coefficient (Wildman–Crippen LogP) is 3.92. The van der Waals surface area contributed by atoms with Crippen LogP contribution < -0.4 is 14.8 Å². The molecule has 0 saturated carbocycles. The number of benzene rings is 2. The molecular formula is C26H26ClN3O4. The third-order valence-electron chi connectivity index (χ3n) is 6.03. The summed E-state index contributed by atoms with van der Waals surface area (Å²) in [6.07, 6.45) is 1.69. The second-order valence-electron chi connectivity index (χ2n) is 8.08. The largest absolute Gasteiger partial charge is 0.497 e. The molecule has 0 spiro atoms. The molecule has 8 heteroatoms. The molecule has 34 heavy (non-hydrogen) atoms.